The van der Waals surface area contributed by atoms with E-state index in [4.69, 9.17) is 9.72 Å². The fourth-order valence-electron chi connectivity index (χ4n) is 6.01. The zero-order valence-corrected chi connectivity index (χ0v) is 24.8. The average molecular weight is 591 g/mol. The van der Waals surface area contributed by atoms with Gasteiger partial charge in [0.25, 0.3) is 0 Å². The number of nitrogens with zero attached hydrogens (tertiary/aromatic N) is 3. The minimum absolute atomic E-state index is 0.0399. The Balaban J connectivity index is 1.37. The summed E-state index contributed by atoms with van der Waals surface area (Å²) in [5, 5.41) is 13.5. The number of benzene rings is 2. The van der Waals surface area contributed by atoms with Crippen molar-refractivity contribution in [1.29, 1.82) is 5.26 Å². The van der Waals surface area contributed by atoms with Gasteiger partial charge in [0, 0.05) is 30.6 Å². The summed E-state index contributed by atoms with van der Waals surface area (Å²) >= 11 is 1.61. The maximum Gasteiger partial charge on any atom is 0.225 e. The largest absolute Gasteiger partial charge is 0.496 e. The molecule has 6 rings (SSSR count). The molecular formula is C31H34N4O4S2. The summed E-state index contributed by atoms with van der Waals surface area (Å²) in [5.74, 6) is 0.761. The Morgan fingerprint density at radius 3 is 2.49 bits per heavy atom. The van der Waals surface area contributed by atoms with Crippen molar-refractivity contribution in [3.63, 3.8) is 0 Å². The number of para-hydroxylation sites is 1. The highest BCUT2D eigenvalue weighted by Crippen LogP contribution is 2.47. The molecule has 2 heterocycles. The number of hydrogen-bond donors (Lipinski definition) is 1. The van der Waals surface area contributed by atoms with Crippen molar-refractivity contribution < 1.29 is 17.9 Å². The van der Waals surface area contributed by atoms with Crippen LogP contribution in [0.3, 0.4) is 0 Å². The van der Waals surface area contributed by atoms with Crippen LogP contribution < -0.4 is 15.0 Å². The van der Waals surface area contributed by atoms with Gasteiger partial charge in [0.1, 0.15) is 16.3 Å². The number of sulfone groups is 1. The summed E-state index contributed by atoms with van der Waals surface area (Å²) in [6.07, 6.45) is 5.06. The number of methoxy groups -OCH3 is 1. The van der Waals surface area contributed by atoms with Crippen LogP contribution in [0, 0.1) is 17.2 Å². The van der Waals surface area contributed by atoms with E-state index in [1.54, 1.807) is 18.4 Å². The highest BCUT2D eigenvalue weighted by atomic mass is 32.2. The van der Waals surface area contributed by atoms with Crippen LogP contribution in [0.2, 0.25) is 0 Å². The van der Waals surface area contributed by atoms with Gasteiger partial charge in [-0.15, -0.1) is 11.3 Å². The molecular weight excluding hydrogens is 556 g/mol. The van der Waals surface area contributed by atoms with Crippen LogP contribution >= 0.6 is 11.3 Å². The van der Waals surface area contributed by atoms with Crippen LogP contribution in [0.25, 0.3) is 21.0 Å². The number of carbonyl (C=O) groups excluding carboxylic acids is 1. The van der Waals surface area contributed by atoms with Gasteiger partial charge >= 0.3 is 0 Å². The van der Waals surface area contributed by atoms with Crippen LogP contribution in [0.5, 0.6) is 5.75 Å². The van der Waals surface area contributed by atoms with E-state index in [0.29, 0.717) is 25.9 Å². The second-order valence-corrected chi connectivity index (χ2v) is 14.6. The Labute approximate surface area is 245 Å². The van der Waals surface area contributed by atoms with Crippen molar-refractivity contribution in [2.24, 2.45) is 5.92 Å². The predicted molar refractivity (Wildman–Crippen MR) is 161 cm³/mol. The number of amides is 1. The lowest BCUT2D eigenvalue weighted by Crippen LogP contribution is -2.42. The Hall–Kier alpha value is -3.42. The summed E-state index contributed by atoms with van der Waals surface area (Å²) in [5.41, 5.74) is 3.16. The van der Waals surface area contributed by atoms with Crippen molar-refractivity contribution in [1.82, 2.24) is 10.3 Å². The van der Waals surface area contributed by atoms with Gasteiger partial charge in [0.15, 0.2) is 9.84 Å². The number of anilines is 1. The predicted octanol–water partition coefficient (Wildman–Crippen LogP) is 5.17. The minimum Gasteiger partial charge on any atom is -0.496 e. The Kier molecular flexibility index (Phi) is 7.51. The molecule has 0 radical (unpaired) electrons. The number of rotatable bonds is 7. The van der Waals surface area contributed by atoms with E-state index in [2.05, 4.69) is 28.4 Å². The third-order valence-corrected chi connectivity index (χ3v) is 11.4. The van der Waals surface area contributed by atoms with E-state index in [-0.39, 0.29) is 29.2 Å². The summed E-state index contributed by atoms with van der Waals surface area (Å²) in [7, 11) is -1.30. The van der Waals surface area contributed by atoms with Crippen molar-refractivity contribution in [2.45, 2.75) is 50.0 Å². The molecule has 3 fully saturated rings. The Morgan fingerprint density at radius 1 is 1.10 bits per heavy atom. The second kappa shape index (κ2) is 11.1. The summed E-state index contributed by atoms with van der Waals surface area (Å²) in [6.45, 7) is 0.989. The molecule has 1 N–H and O–H groups in total. The highest BCUT2D eigenvalue weighted by Gasteiger charge is 2.47. The molecule has 1 amide bonds. The molecule has 3 aromatic rings. The van der Waals surface area contributed by atoms with Gasteiger partial charge in [-0.25, -0.2) is 13.4 Å². The quantitative estimate of drug-likeness (QED) is 0.404. The van der Waals surface area contributed by atoms with Crippen molar-refractivity contribution in [3.8, 4) is 32.8 Å². The first kappa shape index (κ1) is 27.7. The van der Waals surface area contributed by atoms with E-state index in [1.807, 2.05) is 36.4 Å². The summed E-state index contributed by atoms with van der Waals surface area (Å²) in [4.78, 5) is 21.9. The number of hydrogen-bond acceptors (Lipinski definition) is 8. The third-order valence-electron chi connectivity index (χ3n) is 8.61. The topological polar surface area (TPSA) is 112 Å². The summed E-state index contributed by atoms with van der Waals surface area (Å²) in [6, 6.07) is 18.4. The average Bonchev–Trinajstić information content (AvgIpc) is 3.63. The number of ether oxygens (including phenoxy) is 1. The molecule has 2 atom stereocenters. The van der Waals surface area contributed by atoms with Crippen LogP contribution in [0.15, 0.2) is 48.5 Å². The molecule has 2 saturated carbocycles. The number of aromatic nitrogens is 1. The monoisotopic (exact) mass is 590 g/mol. The van der Waals surface area contributed by atoms with E-state index in [1.165, 1.54) is 0 Å². The lowest BCUT2D eigenvalue weighted by atomic mass is 9.76. The van der Waals surface area contributed by atoms with Gasteiger partial charge in [-0.1, -0.05) is 37.1 Å². The van der Waals surface area contributed by atoms with Crippen LogP contribution in [0.4, 0.5) is 5.69 Å². The smallest absolute Gasteiger partial charge is 0.225 e. The molecule has 1 saturated heterocycles. The highest BCUT2D eigenvalue weighted by molar-refractivity contribution is 7.91. The first-order valence-corrected chi connectivity index (χ1v) is 16.9. The van der Waals surface area contributed by atoms with E-state index in [0.717, 1.165) is 63.8 Å². The number of thiazole rings is 1. The first-order valence-electron chi connectivity index (χ1n) is 14.2. The zero-order chi connectivity index (χ0) is 28.6. The SMILES string of the molecule is COc1ccccc1-c1nc([C@@H]2CCCC[C@H]2C(=O)NC2(C#N)CC2)c(-c2ccc(N3CCS(=O)(=O)CC3)cc2)s1. The van der Waals surface area contributed by atoms with Crippen molar-refractivity contribution >= 4 is 32.8 Å². The number of nitriles is 1. The van der Waals surface area contributed by atoms with Crippen LogP contribution in [0.1, 0.15) is 50.1 Å². The number of nitrogens with one attached hydrogen (secondary N) is 1. The molecule has 214 valence electrons. The molecule has 10 heteroatoms. The van der Waals surface area contributed by atoms with Gasteiger partial charge in [-0.2, -0.15) is 5.26 Å². The van der Waals surface area contributed by atoms with E-state index in [9.17, 15) is 18.5 Å². The number of carbonyl (C=O) groups is 1. The van der Waals surface area contributed by atoms with E-state index < -0.39 is 15.4 Å². The molecule has 8 nitrogen and oxygen atoms in total. The lowest BCUT2D eigenvalue weighted by Gasteiger charge is -2.31. The Bertz CT molecular complexity index is 1570. The molecule has 0 spiro atoms. The van der Waals surface area contributed by atoms with Crippen LogP contribution in [-0.2, 0) is 14.6 Å². The van der Waals surface area contributed by atoms with Gasteiger partial charge in [0.2, 0.25) is 5.91 Å². The van der Waals surface area contributed by atoms with E-state index >= 15 is 0 Å². The molecule has 2 aliphatic carbocycles. The maximum atomic E-state index is 13.5. The molecule has 1 aliphatic heterocycles. The van der Waals surface area contributed by atoms with Crippen LogP contribution in [-0.4, -0.2) is 56.6 Å². The third kappa shape index (κ3) is 5.70. The molecule has 3 aliphatic rings. The fourth-order valence-corrected chi connectivity index (χ4v) is 8.38. The molecule has 0 bridgehead atoms. The van der Waals surface area contributed by atoms with Crippen molar-refractivity contribution in [3.05, 3.63) is 54.2 Å². The Morgan fingerprint density at radius 2 is 1.80 bits per heavy atom. The maximum absolute atomic E-state index is 13.5. The fraction of sp³-hybridized carbons (Fsp3) is 0.452. The van der Waals surface area contributed by atoms with Gasteiger partial charge in [0.05, 0.1) is 40.8 Å². The molecule has 0 unspecified atom stereocenters. The minimum atomic E-state index is -2.95. The summed E-state index contributed by atoms with van der Waals surface area (Å²) < 4.78 is 29.5. The van der Waals surface area contributed by atoms with Gasteiger partial charge < -0.3 is 15.0 Å². The first-order chi connectivity index (χ1) is 19.8. The zero-order valence-electron chi connectivity index (χ0n) is 23.1. The molecule has 1 aromatic heterocycles. The normalized spacial score (nSPS) is 22.9. The lowest BCUT2D eigenvalue weighted by molar-refractivity contribution is -0.127. The molecule has 41 heavy (non-hydrogen) atoms. The standard InChI is InChI=1S/C31H34N4O4S2/c1-39-26-9-5-4-8-25(26)30-33-27(23-6-2-3-7-24(23)29(36)34-31(20-32)14-15-31)28(40-30)21-10-12-22(13-11-21)35-16-18-41(37,38)19-17-35/h4-5,8-13,23-24H,2-3,6-7,14-19H2,1H3,(H,34,36)/t23-,24-/m1/s1. The van der Waals surface area contributed by atoms with Gasteiger partial charge in [-0.05, 0) is 55.5 Å². The second-order valence-electron chi connectivity index (χ2n) is 11.3. The van der Waals surface area contributed by atoms with Crippen molar-refractivity contribution in [2.75, 3.05) is 36.6 Å². The molecule has 2 aromatic carbocycles. The van der Waals surface area contributed by atoms with Gasteiger partial charge in [-0.3, -0.25) is 4.79 Å².